The van der Waals surface area contributed by atoms with Crippen molar-refractivity contribution in [1.29, 1.82) is 0 Å². The minimum Gasteiger partial charge on any atom is -0.372 e. The molecule has 1 unspecified atom stereocenters. The summed E-state index contributed by atoms with van der Waals surface area (Å²) in [6.45, 7) is 11.7. The zero-order valence-corrected chi connectivity index (χ0v) is 20.0. The van der Waals surface area contributed by atoms with Gasteiger partial charge in [0.15, 0.2) is 11.6 Å². The highest BCUT2D eigenvalue weighted by atomic mass is 16.1. The first kappa shape index (κ1) is 22.8. The molecule has 8 nitrogen and oxygen atoms in total. The Morgan fingerprint density at radius 2 is 1.76 bits per heavy atom. The Morgan fingerprint density at radius 1 is 1.06 bits per heavy atom. The Hall–Kier alpha value is -3.42. The first-order valence-electron chi connectivity index (χ1n) is 11.8. The molecule has 1 atom stereocenters. The smallest absolute Gasteiger partial charge is 0.229 e. The average molecular weight is 448 g/mol. The van der Waals surface area contributed by atoms with E-state index in [2.05, 4.69) is 56.4 Å². The molecule has 2 aromatic heterocycles. The molecule has 1 aliphatic rings. The molecule has 3 heterocycles. The second-order valence-electron chi connectivity index (χ2n) is 8.58. The van der Waals surface area contributed by atoms with Crippen LogP contribution < -0.4 is 15.1 Å². The van der Waals surface area contributed by atoms with E-state index in [9.17, 15) is 4.79 Å². The van der Waals surface area contributed by atoms with Crippen molar-refractivity contribution in [3.63, 3.8) is 0 Å². The number of nitrogens with one attached hydrogen (secondary N) is 1. The van der Waals surface area contributed by atoms with E-state index in [4.69, 9.17) is 0 Å². The van der Waals surface area contributed by atoms with Gasteiger partial charge in [0.05, 0.1) is 11.6 Å². The average Bonchev–Trinajstić information content (AvgIpc) is 3.19. The molecular weight excluding hydrogens is 414 g/mol. The van der Waals surface area contributed by atoms with Crippen molar-refractivity contribution in [3.8, 4) is 5.82 Å². The third kappa shape index (κ3) is 5.16. The quantitative estimate of drug-likeness (QED) is 0.590. The van der Waals surface area contributed by atoms with Gasteiger partial charge in [-0.05, 0) is 83.0 Å². The predicted octanol–water partition coefficient (Wildman–Crippen LogP) is 3.98. The van der Waals surface area contributed by atoms with Gasteiger partial charge in [-0.15, -0.1) is 10.2 Å². The number of amides is 1. The van der Waals surface area contributed by atoms with Gasteiger partial charge in [-0.25, -0.2) is 4.68 Å². The number of nitrogens with zero attached hydrogens (tertiary/aromatic N) is 6. The molecule has 1 saturated heterocycles. The summed E-state index contributed by atoms with van der Waals surface area (Å²) in [6, 6.07) is 14.0. The van der Waals surface area contributed by atoms with Crippen molar-refractivity contribution in [2.45, 2.75) is 40.5 Å². The normalized spacial score (nSPS) is 16.0. The number of rotatable bonds is 7. The number of carbonyl (C=O) groups is 1. The van der Waals surface area contributed by atoms with Crippen LogP contribution in [0.25, 0.3) is 5.82 Å². The Morgan fingerprint density at radius 3 is 2.36 bits per heavy atom. The summed E-state index contributed by atoms with van der Waals surface area (Å²) in [5.74, 6) is 1.46. The Labute approximate surface area is 195 Å². The Kier molecular flexibility index (Phi) is 6.91. The number of carbonyl (C=O) groups excluding carboxylic acids is 1. The highest BCUT2D eigenvalue weighted by Crippen LogP contribution is 2.24. The van der Waals surface area contributed by atoms with E-state index in [0.29, 0.717) is 12.4 Å². The summed E-state index contributed by atoms with van der Waals surface area (Å²) < 4.78 is 1.80. The molecular formula is C25H33N7O. The summed E-state index contributed by atoms with van der Waals surface area (Å²) in [6.07, 6.45) is 1.82. The molecule has 1 fully saturated rings. The molecule has 1 aliphatic heterocycles. The van der Waals surface area contributed by atoms with Crippen molar-refractivity contribution >= 4 is 23.1 Å². The number of piperidine rings is 1. The maximum absolute atomic E-state index is 13.0. The molecule has 4 rings (SSSR count). The summed E-state index contributed by atoms with van der Waals surface area (Å²) >= 11 is 0. The van der Waals surface area contributed by atoms with Crippen molar-refractivity contribution in [2.24, 2.45) is 5.92 Å². The lowest BCUT2D eigenvalue weighted by Gasteiger charge is -2.32. The number of hydrogen-bond acceptors (Lipinski definition) is 6. The van der Waals surface area contributed by atoms with Crippen molar-refractivity contribution in [1.82, 2.24) is 20.0 Å². The van der Waals surface area contributed by atoms with Gasteiger partial charge in [-0.1, -0.05) is 0 Å². The van der Waals surface area contributed by atoms with Crippen LogP contribution in [0.2, 0.25) is 0 Å². The van der Waals surface area contributed by atoms with Crippen LogP contribution in [0, 0.1) is 19.8 Å². The molecule has 1 N–H and O–H groups in total. The van der Waals surface area contributed by atoms with Gasteiger partial charge in [0.1, 0.15) is 0 Å². The van der Waals surface area contributed by atoms with Crippen LogP contribution in [0.15, 0.2) is 42.5 Å². The maximum Gasteiger partial charge on any atom is 0.229 e. The molecule has 3 aromatic rings. The van der Waals surface area contributed by atoms with Crippen LogP contribution in [0.3, 0.4) is 0 Å². The van der Waals surface area contributed by atoms with E-state index in [1.807, 2.05) is 44.2 Å². The predicted molar refractivity (Wildman–Crippen MR) is 132 cm³/mol. The minimum absolute atomic E-state index is 0.0579. The fourth-order valence-electron chi connectivity index (χ4n) is 4.45. The van der Waals surface area contributed by atoms with Crippen LogP contribution >= 0.6 is 0 Å². The van der Waals surface area contributed by atoms with E-state index in [1.54, 1.807) is 4.68 Å². The standard InChI is InChI=1S/C25H33N7O/c1-5-30(6-2)22-11-9-21(10-12-22)26-25(33)20-8-7-15-31(17-20)23-13-14-24(28-27-23)32-19(4)16-18(3)29-32/h9-14,16,20H,5-8,15,17H2,1-4H3,(H,26,33). The molecule has 0 radical (unpaired) electrons. The summed E-state index contributed by atoms with van der Waals surface area (Å²) in [5, 5.41) is 16.4. The van der Waals surface area contributed by atoms with Crippen LogP contribution in [-0.4, -0.2) is 52.1 Å². The first-order valence-corrected chi connectivity index (χ1v) is 11.8. The van der Waals surface area contributed by atoms with Gasteiger partial charge in [-0.3, -0.25) is 4.79 Å². The number of aryl methyl sites for hydroxylation is 2. The minimum atomic E-state index is -0.0845. The maximum atomic E-state index is 13.0. The molecule has 33 heavy (non-hydrogen) atoms. The fourth-order valence-corrected chi connectivity index (χ4v) is 4.45. The molecule has 0 aliphatic carbocycles. The van der Waals surface area contributed by atoms with E-state index >= 15 is 0 Å². The van der Waals surface area contributed by atoms with E-state index in [-0.39, 0.29) is 11.8 Å². The van der Waals surface area contributed by atoms with Crippen molar-refractivity contribution < 1.29 is 4.79 Å². The SMILES string of the molecule is CCN(CC)c1ccc(NC(=O)C2CCCN(c3ccc(-n4nc(C)cc4C)nn3)C2)cc1. The second kappa shape index (κ2) is 10.0. The fraction of sp³-hybridized carbons (Fsp3) is 0.440. The van der Waals surface area contributed by atoms with Gasteiger partial charge in [0.2, 0.25) is 5.91 Å². The number of aromatic nitrogens is 4. The highest BCUT2D eigenvalue weighted by Gasteiger charge is 2.27. The zero-order valence-electron chi connectivity index (χ0n) is 20.0. The van der Waals surface area contributed by atoms with Gasteiger partial charge in [0.25, 0.3) is 0 Å². The van der Waals surface area contributed by atoms with Gasteiger partial charge in [-0.2, -0.15) is 5.10 Å². The third-order valence-electron chi connectivity index (χ3n) is 6.24. The molecule has 1 amide bonds. The lowest BCUT2D eigenvalue weighted by atomic mass is 9.97. The van der Waals surface area contributed by atoms with Crippen LogP contribution in [0.1, 0.15) is 38.1 Å². The molecule has 1 aromatic carbocycles. The lowest BCUT2D eigenvalue weighted by Crippen LogP contribution is -2.41. The van der Waals surface area contributed by atoms with E-state index < -0.39 is 0 Å². The molecule has 0 bridgehead atoms. The first-order chi connectivity index (χ1) is 16.0. The van der Waals surface area contributed by atoms with Crippen molar-refractivity contribution in [3.05, 3.63) is 53.9 Å². The van der Waals surface area contributed by atoms with Gasteiger partial charge in [0, 0.05) is 43.2 Å². The summed E-state index contributed by atoms with van der Waals surface area (Å²) in [4.78, 5) is 17.4. The lowest BCUT2D eigenvalue weighted by molar-refractivity contribution is -0.120. The number of anilines is 3. The summed E-state index contributed by atoms with van der Waals surface area (Å²) in [5.41, 5.74) is 3.98. The van der Waals surface area contributed by atoms with Gasteiger partial charge < -0.3 is 15.1 Å². The highest BCUT2D eigenvalue weighted by molar-refractivity contribution is 5.93. The van der Waals surface area contributed by atoms with E-state index in [0.717, 1.165) is 55.4 Å². The second-order valence-corrected chi connectivity index (χ2v) is 8.58. The number of benzene rings is 1. The monoisotopic (exact) mass is 447 g/mol. The topological polar surface area (TPSA) is 79.2 Å². The van der Waals surface area contributed by atoms with Crippen LogP contribution in [0.4, 0.5) is 17.2 Å². The van der Waals surface area contributed by atoms with E-state index in [1.165, 1.54) is 5.69 Å². The number of hydrogen-bond donors (Lipinski definition) is 1. The Bertz CT molecular complexity index is 1070. The largest absolute Gasteiger partial charge is 0.372 e. The van der Waals surface area contributed by atoms with Gasteiger partial charge >= 0.3 is 0 Å². The van der Waals surface area contributed by atoms with Crippen molar-refractivity contribution in [2.75, 3.05) is 41.3 Å². The third-order valence-corrected chi connectivity index (χ3v) is 6.24. The molecule has 0 saturated carbocycles. The zero-order chi connectivity index (χ0) is 23.4. The van der Waals surface area contributed by atoms with Crippen LogP contribution in [-0.2, 0) is 4.79 Å². The molecule has 0 spiro atoms. The van der Waals surface area contributed by atoms with Crippen LogP contribution in [0.5, 0.6) is 0 Å². The molecule has 174 valence electrons. The Balaban J connectivity index is 1.39. The summed E-state index contributed by atoms with van der Waals surface area (Å²) in [7, 11) is 0. The molecule has 8 heteroatoms.